The Kier molecular flexibility index (Phi) is 13.5. The zero-order chi connectivity index (χ0) is 31.5. The third-order valence-electron chi connectivity index (χ3n) is 8.33. The minimum atomic E-state index is -0.331. The first-order valence-corrected chi connectivity index (χ1v) is 15.4. The van der Waals surface area contributed by atoms with Gasteiger partial charge in [-0.1, -0.05) is 152 Å². The van der Waals surface area contributed by atoms with Crippen molar-refractivity contribution in [3.8, 4) is 0 Å². The highest BCUT2D eigenvalue weighted by molar-refractivity contribution is 5.38. The van der Waals surface area contributed by atoms with E-state index in [4.69, 9.17) is 0 Å². The van der Waals surface area contributed by atoms with Gasteiger partial charge in [-0.25, -0.2) is 0 Å². The van der Waals surface area contributed by atoms with Gasteiger partial charge in [0, 0.05) is 5.92 Å². The van der Waals surface area contributed by atoms with Crippen molar-refractivity contribution in [2.75, 3.05) is 0 Å². The van der Waals surface area contributed by atoms with Crippen molar-refractivity contribution in [2.45, 2.75) is 101 Å². The molecule has 0 radical (unpaired) electrons. The topological polar surface area (TPSA) is 40.5 Å². The van der Waals surface area contributed by atoms with Crippen LogP contribution in [0, 0.1) is 16.7 Å². The molecule has 2 rings (SSSR count). The Morgan fingerprint density at radius 1 is 0.714 bits per heavy atom. The van der Waals surface area contributed by atoms with E-state index in [1.165, 1.54) is 39.0 Å². The molecule has 0 saturated heterocycles. The highest BCUT2D eigenvalue weighted by atomic mass is 16.3. The van der Waals surface area contributed by atoms with Crippen LogP contribution in [0.1, 0.15) is 88.5 Å². The standard InChI is InChI=1S/C40H56O2/c1-29(17-13-19-31(3)21-23-37-33(5)25-35(41)27-39(37,7)8)15-11-12-16-30(2)18-14-20-32(4)22-24-38-34(6)26-36(42)28-40(38,9)10/h11-25,35-37,41-42H,26-28H2,1-10H3/b12-11+,17-13+,18-14+,23-21+,24-22+,29-15+,30-16+,31-19+,32-20+/t35-,36-,37?/m1/s1. The molecule has 0 bridgehead atoms. The van der Waals surface area contributed by atoms with E-state index in [-0.39, 0.29) is 23.0 Å². The summed E-state index contributed by atoms with van der Waals surface area (Å²) in [6, 6.07) is 0. The molecule has 0 heterocycles. The summed E-state index contributed by atoms with van der Waals surface area (Å²) >= 11 is 0. The Balaban J connectivity index is 1.90. The molecular formula is C40H56O2. The maximum absolute atomic E-state index is 10.1. The molecule has 42 heavy (non-hydrogen) atoms. The molecule has 2 heteroatoms. The number of aliphatic hydroxyl groups is 2. The zero-order valence-electron chi connectivity index (χ0n) is 27.9. The van der Waals surface area contributed by atoms with Gasteiger partial charge in [0.25, 0.3) is 0 Å². The van der Waals surface area contributed by atoms with Crippen LogP contribution in [0.4, 0.5) is 0 Å². The molecule has 3 atom stereocenters. The van der Waals surface area contributed by atoms with Crippen molar-refractivity contribution in [2.24, 2.45) is 16.7 Å². The maximum Gasteiger partial charge on any atom is 0.0729 e. The second-order valence-corrected chi connectivity index (χ2v) is 13.7. The van der Waals surface area contributed by atoms with E-state index < -0.39 is 0 Å². The summed E-state index contributed by atoms with van der Waals surface area (Å²) in [4.78, 5) is 0. The molecule has 0 saturated carbocycles. The molecule has 2 aliphatic rings. The molecule has 0 fully saturated rings. The third kappa shape index (κ3) is 11.7. The van der Waals surface area contributed by atoms with Crippen molar-refractivity contribution in [1.82, 2.24) is 0 Å². The van der Waals surface area contributed by atoms with Crippen LogP contribution in [0.25, 0.3) is 0 Å². The molecule has 228 valence electrons. The molecule has 2 N–H and O–H groups in total. The van der Waals surface area contributed by atoms with Crippen molar-refractivity contribution >= 4 is 0 Å². The Morgan fingerprint density at radius 2 is 1.21 bits per heavy atom. The Bertz CT molecular complexity index is 1270. The molecule has 2 nitrogen and oxygen atoms in total. The minimum Gasteiger partial charge on any atom is -0.393 e. The smallest absolute Gasteiger partial charge is 0.0729 e. The van der Waals surface area contributed by atoms with E-state index in [0.717, 1.165) is 19.3 Å². The minimum absolute atomic E-state index is 0.00528. The van der Waals surface area contributed by atoms with Crippen molar-refractivity contribution in [3.63, 3.8) is 0 Å². The fourth-order valence-corrected chi connectivity index (χ4v) is 6.14. The third-order valence-corrected chi connectivity index (χ3v) is 8.33. The van der Waals surface area contributed by atoms with Gasteiger partial charge in [-0.05, 0) is 77.2 Å². The van der Waals surface area contributed by atoms with E-state index in [2.05, 4.69) is 154 Å². The first-order valence-electron chi connectivity index (χ1n) is 15.4. The molecule has 0 aromatic heterocycles. The summed E-state index contributed by atoms with van der Waals surface area (Å²) in [6.45, 7) is 21.6. The van der Waals surface area contributed by atoms with Crippen LogP contribution in [0.15, 0.2) is 130 Å². The number of hydrogen-bond donors (Lipinski definition) is 2. The lowest BCUT2D eigenvalue weighted by Crippen LogP contribution is -2.32. The average Bonchev–Trinajstić information content (AvgIpc) is 2.84. The Morgan fingerprint density at radius 3 is 1.74 bits per heavy atom. The van der Waals surface area contributed by atoms with Crippen LogP contribution in [-0.4, -0.2) is 22.4 Å². The quantitative estimate of drug-likeness (QED) is 0.203. The van der Waals surface area contributed by atoms with Crippen molar-refractivity contribution in [1.29, 1.82) is 0 Å². The predicted molar refractivity (Wildman–Crippen MR) is 184 cm³/mol. The summed E-state index contributed by atoms with van der Waals surface area (Å²) in [5.41, 5.74) is 8.73. The fourth-order valence-electron chi connectivity index (χ4n) is 6.14. The highest BCUT2D eigenvalue weighted by Crippen LogP contribution is 2.42. The van der Waals surface area contributed by atoms with Gasteiger partial charge in [0.15, 0.2) is 0 Å². The molecule has 2 aliphatic carbocycles. The molecule has 0 aliphatic heterocycles. The van der Waals surface area contributed by atoms with Gasteiger partial charge in [-0.2, -0.15) is 0 Å². The molecule has 0 amide bonds. The highest BCUT2D eigenvalue weighted by Gasteiger charge is 2.34. The molecule has 0 spiro atoms. The van der Waals surface area contributed by atoms with E-state index in [0.29, 0.717) is 5.92 Å². The molecular weight excluding hydrogens is 512 g/mol. The fraction of sp³-hybridized carbons (Fsp3) is 0.450. The van der Waals surface area contributed by atoms with E-state index in [1.807, 2.05) is 6.08 Å². The summed E-state index contributed by atoms with van der Waals surface area (Å²) in [7, 11) is 0. The Labute approximate surface area is 257 Å². The van der Waals surface area contributed by atoms with Crippen LogP contribution in [0.3, 0.4) is 0 Å². The summed E-state index contributed by atoms with van der Waals surface area (Å²) in [6.07, 6.45) is 33.8. The maximum atomic E-state index is 10.1. The van der Waals surface area contributed by atoms with Crippen LogP contribution in [0.5, 0.6) is 0 Å². The predicted octanol–water partition coefficient (Wildman–Crippen LogP) is 10.4. The normalized spacial score (nSPS) is 26.6. The van der Waals surface area contributed by atoms with Gasteiger partial charge in [0.1, 0.15) is 0 Å². The number of allylic oxidation sites excluding steroid dienone is 20. The van der Waals surface area contributed by atoms with E-state index in [1.54, 1.807) is 0 Å². The van der Waals surface area contributed by atoms with Gasteiger partial charge in [0.2, 0.25) is 0 Å². The first kappa shape index (κ1) is 35.3. The lowest BCUT2D eigenvalue weighted by Gasteiger charge is -2.38. The van der Waals surface area contributed by atoms with E-state index >= 15 is 0 Å². The monoisotopic (exact) mass is 568 g/mol. The SMILES string of the molecule is CC1=C[C@@H](O)CC(C)(C)C1/C=C/C(C)=C/C=C/C(C)=C/C=C/C=C(C)/C=C/C=C(C)/C=C/C1=C(C)C[C@@H](O)CC1(C)C. The van der Waals surface area contributed by atoms with Gasteiger partial charge >= 0.3 is 0 Å². The van der Waals surface area contributed by atoms with Crippen LogP contribution >= 0.6 is 0 Å². The van der Waals surface area contributed by atoms with Gasteiger partial charge in [-0.3, -0.25) is 0 Å². The lowest BCUT2D eigenvalue weighted by atomic mass is 9.67. The first-order chi connectivity index (χ1) is 19.6. The largest absolute Gasteiger partial charge is 0.393 e. The summed E-state index contributed by atoms with van der Waals surface area (Å²) in [5, 5.41) is 20.2. The summed E-state index contributed by atoms with van der Waals surface area (Å²) in [5.74, 6) is 0.348. The van der Waals surface area contributed by atoms with Gasteiger partial charge in [0.05, 0.1) is 12.2 Å². The number of aliphatic hydroxyl groups excluding tert-OH is 2. The second-order valence-electron chi connectivity index (χ2n) is 13.7. The van der Waals surface area contributed by atoms with Crippen LogP contribution in [0.2, 0.25) is 0 Å². The second kappa shape index (κ2) is 16.1. The number of rotatable bonds is 10. The van der Waals surface area contributed by atoms with Gasteiger partial charge < -0.3 is 10.2 Å². The Hall–Kier alpha value is -2.94. The van der Waals surface area contributed by atoms with Gasteiger partial charge in [-0.15, -0.1) is 0 Å². The molecule has 0 aromatic rings. The van der Waals surface area contributed by atoms with E-state index in [9.17, 15) is 10.2 Å². The number of hydrogen-bond acceptors (Lipinski definition) is 2. The average molecular weight is 569 g/mol. The lowest BCUT2D eigenvalue weighted by molar-refractivity contribution is 0.116. The van der Waals surface area contributed by atoms with Crippen molar-refractivity contribution in [3.05, 3.63) is 130 Å². The zero-order valence-corrected chi connectivity index (χ0v) is 27.9. The van der Waals surface area contributed by atoms with Crippen LogP contribution in [-0.2, 0) is 0 Å². The van der Waals surface area contributed by atoms with Crippen molar-refractivity contribution < 1.29 is 10.2 Å². The molecule has 1 unspecified atom stereocenters. The molecule has 0 aromatic carbocycles. The van der Waals surface area contributed by atoms with Crippen LogP contribution < -0.4 is 0 Å². The summed E-state index contributed by atoms with van der Waals surface area (Å²) < 4.78 is 0.